The molecule has 1 aromatic heterocycles. The second-order valence-electron chi connectivity index (χ2n) is 6.64. The number of β-amino-alcohol motifs (C(OH)–C–C–N with tert-alkyl or cyclic N) is 1. The van der Waals surface area contributed by atoms with Crippen molar-refractivity contribution in [3.05, 3.63) is 70.9 Å². The van der Waals surface area contributed by atoms with Crippen LogP contribution in [0.15, 0.2) is 53.9 Å². The average molecular weight is 368 g/mol. The maximum atomic E-state index is 10.4. The number of aliphatic hydroxyl groups is 1. The van der Waals surface area contributed by atoms with Crippen LogP contribution in [-0.2, 0) is 0 Å². The van der Waals surface area contributed by atoms with Gasteiger partial charge in [0.15, 0.2) is 0 Å². The van der Waals surface area contributed by atoms with Crippen LogP contribution in [0.4, 0.5) is 0 Å². The molecule has 3 rings (SSSR count). The second-order valence-corrected chi connectivity index (χ2v) is 7.07. The van der Waals surface area contributed by atoms with E-state index >= 15 is 0 Å². The smallest absolute Gasteiger partial charge is 0.232 e. The molecule has 26 heavy (non-hydrogen) atoms. The van der Waals surface area contributed by atoms with Crippen molar-refractivity contribution in [2.24, 2.45) is 4.99 Å². The van der Waals surface area contributed by atoms with Crippen LogP contribution in [0.2, 0.25) is 5.02 Å². The first-order valence-electron chi connectivity index (χ1n) is 8.09. The molecule has 0 spiro atoms. The van der Waals surface area contributed by atoms with Gasteiger partial charge in [0.05, 0.1) is 17.2 Å². The fourth-order valence-corrected chi connectivity index (χ4v) is 2.91. The molecule has 0 aliphatic carbocycles. The largest absolute Gasteiger partial charge is 0.389 e. The van der Waals surface area contributed by atoms with E-state index in [2.05, 4.69) is 15.0 Å². The molecular weight excluding hydrogens is 350 g/mol. The summed E-state index contributed by atoms with van der Waals surface area (Å²) in [5.41, 5.74) is 0.762. The molecule has 0 bridgehead atoms. The Bertz CT molecular complexity index is 876. The van der Waals surface area contributed by atoms with E-state index in [9.17, 15) is 5.11 Å². The van der Waals surface area contributed by atoms with Gasteiger partial charge in [-0.2, -0.15) is 5.26 Å². The predicted molar refractivity (Wildman–Crippen MR) is 99.6 cm³/mol. The third kappa shape index (κ3) is 4.07. The number of rotatable bonds is 4. The second kappa shape index (κ2) is 7.24. The SMILES string of the molecule is CC(C)(O)CN1C(c2cnc(C#N)nc2)=NC=CC1c1ccc(Cl)cc1. The summed E-state index contributed by atoms with van der Waals surface area (Å²) in [6.07, 6.45) is 6.83. The number of nitrogens with zero attached hydrogens (tertiary/aromatic N) is 5. The minimum atomic E-state index is -0.940. The Morgan fingerprint density at radius 2 is 1.88 bits per heavy atom. The summed E-state index contributed by atoms with van der Waals surface area (Å²) in [6, 6.07) is 9.36. The van der Waals surface area contributed by atoms with Crippen molar-refractivity contribution in [2.75, 3.05) is 6.54 Å². The Kier molecular flexibility index (Phi) is 5.03. The monoisotopic (exact) mass is 367 g/mol. The van der Waals surface area contributed by atoms with Gasteiger partial charge in [-0.05, 0) is 37.6 Å². The number of benzene rings is 1. The molecule has 6 nitrogen and oxygen atoms in total. The first-order chi connectivity index (χ1) is 12.4. The van der Waals surface area contributed by atoms with E-state index in [1.165, 1.54) is 0 Å². The first kappa shape index (κ1) is 18.1. The summed E-state index contributed by atoms with van der Waals surface area (Å²) in [7, 11) is 0. The number of nitriles is 1. The van der Waals surface area contributed by atoms with Gasteiger partial charge in [-0.25, -0.2) is 15.0 Å². The number of amidine groups is 1. The fraction of sp³-hybridized carbons (Fsp3) is 0.263. The quantitative estimate of drug-likeness (QED) is 0.897. The number of hydrogen-bond acceptors (Lipinski definition) is 6. The summed E-state index contributed by atoms with van der Waals surface area (Å²) in [5.74, 6) is 0.739. The Labute approximate surface area is 157 Å². The highest BCUT2D eigenvalue weighted by Gasteiger charge is 2.30. The predicted octanol–water partition coefficient (Wildman–Crippen LogP) is 3.09. The Hall–Kier alpha value is -2.75. The highest BCUT2D eigenvalue weighted by Crippen LogP contribution is 2.30. The molecular formula is C19H18ClN5O. The highest BCUT2D eigenvalue weighted by molar-refractivity contribution is 6.30. The van der Waals surface area contributed by atoms with E-state index < -0.39 is 5.60 Å². The fourth-order valence-electron chi connectivity index (χ4n) is 2.79. The lowest BCUT2D eigenvalue weighted by atomic mass is 10.00. The van der Waals surface area contributed by atoms with Gasteiger partial charge in [0, 0.05) is 30.2 Å². The van der Waals surface area contributed by atoms with E-state index in [0.29, 0.717) is 23.0 Å². The van der Waals surface area contributed by atoms with Crippen LogP contribution in [0.25, 0.3) is 0 Å². The van der Waals surface area contributed by atoms with Gasteiger partial charge < -0.3 is 10.0 Å². The zero-order valence-electron chi connectivity index (χ0n) is 14.5. The molecule has 7 heteroatoms. The third-order valence-electron chi connectivity index (χ3n) is 3.85. The van der Waals surface area contributed by atoms with Crippen molar-refractivity contribution in [2.45, 2.75) is 25.5 Å². The lowest BCUT2D eigenvalue weighted by Gasteiger charge is -2.38. The standard InChI is InChI=1S/C19H18ClN5O/c1-19(2,26)12-25-16(13-3-5-15(20)6-4-13)7-8-22-18(25)14-10-23-17(9-21)24-11-14/h3-8,10-11,16,26H,12H2,1-2H3. The van der Waals surface area contributed by atoms with E-state index in [1.807, 2.05) is 41.3 Å². The number of halogens is 1. The van der Waals surface area contributed by atoms with Crippen molar-refractivity contribution < 1.29 is 5.11 Å². The molecule has 1 unspecified atom stereocenters. The lowest BCUT2D eigenvalue weighted by molar-refractivity contribution is 0.0501. The molecule has 2 heterocycles. The van der Waals surface area contributed by atoms with Crippen molar-refractivity contribution in [1.29, 1.82) is 5.26 Å². The molecule has 0 saturated carbocycles. The average Bonchev–Trinajstić information content (AvgIpc) is 2.62. The van der Waals surface area contributed by atoms with Crippen LogP contribution >= 0.6 is 11.6 Å². The summed E-state index contributed by atoms with van der Waals surface area (Å²) in [4.78, 5) is 14.5. The summed E-state index contributed by atoms with van der Waals surface area (Å²) in [6.45, 7) is 3.84. The zero-order chi connectivity index (χ0) is 18.7. The Morgan fingerprint density at radius 1 is 1.23 bits per heavy atom. The van der Waals surface area contributed by atoms with E-state index in [1.54, 1.807) is 32.4 Å². The van der Waals surface area contributed by atoms with Crippen LogP contribution in [0.3, 0.4) is 0 Å². The van der Waals surface area contributed by atoms with Crippen molar-refractivity contribution in [1.82, 2.24) is 14.9 Å². The molecule has 0 fully saturated rings. The molecule has 0 amide bonds. The highest BCUT2D eigenvalue weighted by atomic mass is 35.5. The molecule has 1 aliphatic heterocycles. The maximum absolute atomic E-state index is 10.4. The van der Waals surface area contributed by atoms with Crippen LogP contribution in [0.1, 0.15) is 36.8 Å². The summed E-state index contributed by atoms with van der Waals surface area (Å²) >= 11 is 6.01. The summed E-state index contributed by atoms with van der Waals surface area (Å²) < 4.78 is 0. The number of hydrogen-bond donors (Lipinski definition) is 1. The molecule has 132 valence electrons. The van der Waals surface area contributed by atoms with Crippen molar-refractivity contribution in [3.63, 3.8) is 0 Å². The number of aromatic nitrogens is 2. The van der Waals surface area contributed by atoms with Crippen LogP contribution < -0.4 is 0 Å². The van der Waals surface area contributed by atoms with Gasteiger partial charge in [0.25, 0.3) is 0 Å². The van der Waals surface area contributed by atoms with Crippen molar-refractivity contribution in [3.8, 4) is 6.07 Å². The molecule has 1 N–H and O–H groups in total. The van der Waals surface area contributed by atoms with Gasteiger partial charge in [0.1, 0.15) is 11.9 Å². The van der Waals surface area contributed by atoms with E-state index in [0.717, 1.165) is 5.56 Å². The minimum Gasteiger partial charge on any atom is -0.389 e. The number of aliphatic imine (C=N–C) groups is 1. The first-order valence-corrected chi connectivity index (χ1v) is 8.47. The molecule has 2 aromatic rings. The normalized spacial score (nSPS) is 17.0. The van der Waals surface area contributed by atoms with Gasteiger partial charge in [-0.3, -0.25) is 0 Å². The molecule has 1 atom stereocenters. The Morgan fingerprint density at radius 3 is 2.46 bits per heavy atom. The van der Waals surface area contributed by atoms with Gasteiger partial charge >= 0.3 is 0 Å². The van der Waals surface area contributed by atoms with Crippen LogP contribution in [0.5, 0.6) is 0 Å². The minimum absolute atomic E-state index is 0.101. The zero-order valence-corrected chi connectivity index (χ0v) is 15.2. The van der Waals surface area contributed by atoms with E-state index in [4.69, 9.17) is 16.9 Å². The van der Waals surface area contributed by atoms with Crippen LogP contribution in [-0.4, -0.2) is 38.0 Å². The van der Waals surface area contributed by atoms with Crippen molar-refractivity contribution >= 4 is 17.4 Å². The molecule has 0 saturated heterocycles. The summed E-state index contributed by atoms with van der Waals surface area (Å²) in [5, 5.41) is 20.0. The maximum Gasteiger partial charge on any atom is 0.232 e. The van der Waals surface area contributed by atoms with E-state index in [-0.39, 0.29) is 11.9 Å². The topological polar surface area (TPSA) is 85.4 Å². The Balaban J connectivity index is 2.01. The van der Waals surface area contributed by atoms with Gasteiger partial charge in [0.2, 0.25) is 5.82 Å². The van der Waals surface area contributed by atoms with Crippen LogP contribution in [0, 0.1) is 11.3 Å². The molecule has 1 aliphatic rings. The molecule has 0 radical (unpaired) electrons. The van der Waals surface area contributed by atoms with Gasteiger partial charge in [-0.1, -0.05) is 23.7 Å². The van der Waals surface area contributed by atoms with Gasteiger partial charge in [-0.15, -0.1) is 0 Å². The lowest BCUT2D eigenvalue weighted by Crippen LogP contribution is -2.45. The third-order valence-corrected chi connectivity index (χ3v) is 4.10. The molecule has 1 aromatic carbocycles.